The summed E-state index contributed by atoms with van der Waals surface area (Å²) in [6.45, 7) is 28.1. The second-order valence-corrected chi connectivity index (χ2v) is 40.4. The van der Waals surface area contributed by atoms with Gasteiger partial charge in [0.25, 0.3) is 0 Å². The Morgan fingerprint density at radius 2 is 1.16 bits per heavy atom. The van der Waals surface area contributed by atoms with Crippen molar-refractivity contribution in [2.24, 2.45) is 0 Å². The van der Waals surface area contributed by atoms with Gasteiger partial charge in [0.2, 0.25) is 0 Å². The van der Waals surface area contributed by atoms with Gasteiger partial charge in [-0.25, -0.2) is 0 Å². The molecule has 4 nitrogen and oxygen atoms in total. The van der Waals surface area contributed by atoms with E-state index in [0.717, 1.165) is 66.3 Å². The van der Waals surface area contributed by atoms with Crippen LogP contribution in [-0.4, -0.2) is 38.8 Å². The van der Waals surface area contributed by atoms with Crippen LogP contribution in [-0.2, 0) is 20.1 Å². The molecule has 0 saturated carbocycles. The molecule has 0 saturated heterocycles. The molecular weight excluding hydrogens is 1200 g/mol. The summed E-state index contributed by atoms with van der Waals surface area (Å²) >= 11 is 0. The molecule has 0 bridgehead atoms. The number of rotatable bonds is 10. The van der Waals surface area contributed by atoms with Gasteiger partial charge in [-0.3, -0.25) is 4.98 Å². The standard InChI is InChI=1S/C58H57N2OSi2.C14H16NSi.Ir/c1-35(2)49-31-43(39-24-22-38(23-25-39)42-28-44(62(6,7)8)33-45(29-42)63(9,10)11)32-50(36(3)4)56(49)60-55-37(5)16-14-21-53(55)59-58(60)48-20-15-19-47-52-30-41-27-26-40-17-12-13-18-46(40)51(41)34-54(52)61-57(47)48;1-16(2,3)13-9-10-14(15-11-13)12-7-5-4-6-8-12;/h12-19,21-36H,1-11H3;4-7,9-11H,1-3H3;/q2*-1;/i5D3;;. The fourth-order valence-electron chi connectivity index (χ4n) is 11.0. The Kier molecular flexibility index (Phi) is 14.4. The number of imidazole rings is 1. The number of pyridine rings is 1. The van der Waals surface area contributed by atoms with Crippen LogP contribution in [0.25, 0.3) is 105 Å². The molecule has 1 radical (unpaired) electrons. The molecule has 0 atom stereocenters. The van der Waals surface area contributed by atoms with Crippen LogP contribution < -0.4 is 15.6 Å². The number of hydrogen-bond donors (Lipinski definition) is 0. The largest absolute Gasteiger partial charge is 0.501 e. The van der Waals surface area contributed by atoms with E-state index in [1.54, 1.807) is 12.1 Å². The molecule has 405 valence electrons. The zero-order valence-corrected chi connectivity index (χ0v) is 53.9. The molecule has 0 aliphatic rings. The number of aromatic nitrogens is 3. The number of fused-ring (bicyclic) bond motifs is 7. The maximum Gasteiger partial charge on any atom is 0.121 e. The molecular formula is C72H73IrN3OSi3-2. The van der Waals surface area contributed by atoms with E-state index in [2.05, 4.69) is 230 Å². The third-order valence-corrected chi connectivity index (χ3v) is 21.7. The van der Waals surface area contributed by atoms with E-state index in [-0.39, 0.29) is 37.5 Å². The molecule has 80 heavy (non-hydrogen) atoms. The summed E-state index contributed by atoms with van der Waals surface area (Å²) in [6, 6.07) is 66.7. The molecule has 0 aliphatic carbocycles. The van der Waals surface area contributed by atoms with Crippen LogP contribution >= 0.6 is 0 Å². The van der Waals surface area contributed by atoms with E-state index < -0.39 is 31.1 Å². The minimum atomic E-state index is -2.39. The van der Waals surface area contributed by atoms with Crippen molar-refractivity contribution in [1.82, 2.24) is 14.5 Å². The van der Waals surface area contributed by atoms with Gasteiger partial charge >= 0.3 is 0 Å². The first-order chi connectivity index (χ1) is 38.8. The number of benzene rings is 9. The minimum absolute atomic E-state index is 0. The monoisotopic (exact) mass is 1280 g/mol. The van der Waals surface area contributed by atoms with Crippen molar-refractivity contribution in [2.45, 2.75) is 105 Å². The van der Waals surface area contributed by atoms with Gasteiger partial charge in [-0.1, -0.05) is 211 Å². The van der Waals surface area contributed by atoms with Crippen LogP contribution in [0.2, 0.25) is 58.9 Å². The molecule has 0 amide bonds. The second kappa shape index (κ2) is 21.9. The van der Waals surface area contributed by atoms with Crippen LogP contribution in [0.4, 0.5) is 0 Å². The Labute approximate surface area is 495 Å². The average Bonchev–Trinajstić information content (AvgIpc) is 2.01. The maximum atomic E-state index is 8.82. The third kappa shape index (κ3) is 10.9. The SMILES string of the molecule is C[Si](C)(C)c1ccc(-c2[c-]cccc2)nc1.[2H]C([2H])([2H])c1cccc2nc(-c3[c-]ccc4c3oc3cc5c(ccc6ccccc65)cc34)n(-c3c(C(C)C)cc(-c4ccc(-c5cc([Si](C)(C)C)cc([Si](C)(C)C)c5)cc4)cc3C(C)C)c12.[Ir]. The average molecular weight is 1280 g/mol. The fraction of sp³-hybridized carbons (Fsp3) is 0.222. The first-order valence-corrected chi connectivity index (χ1v) is 38.4. The van der Waals surface area contributed by atoms with Gasteiger partial charge in [-0.2, -0.15) is 0 Å². The van der Waals surface area contributed by atoms with E-state index in [4.69, 9.17) is 13.5 Å². The number of nitrogens with zero attached hydrogens (tertiary/aromatic N) is 3. The van der Waals surface area contributed by atoms with Crippen molar-refractivity contribution in [3.8, 4) is 50.6 Å². The zero-order chi connectivity index (χ0) is 58.2. The number of hydrogen-bond acceptors (Lipinski definition) is 3. The van der Waals surface area contributed by atoms with E-state index in [1.807, 2.05) is 42.6 Å². The summed E-state index contributed by atoms with van der Waals surface area (Å²) in [5, 5.41) is 11.0. The van der Waals surface area contributed by atoms with Crippen LogP contribution in [0, 0.1) is 19.0 Å². The van der Waals surface area contributed by atoms with Crippen molar-refractivity contribution in [1.29, 1.82) is 0 Å². The number of aryl methyl sites for hydroxylation is 1. The first-order valence-electron chi connectivity index (χ1n) is 29.4. The molecule has 0 aliphatic heterocycles. The topological polar surface area (TPSA) is 43.9 Å². The fourth-order valence-corrected chi connectivity index (χ4v) is 14.5. The van der Waals surface area contributed by atoms with Gasteiger partial charge in [0, 0.05) is 41.5 Å². The first kappa shape index (κ1) is 52.6. The minimum Gasteiger partial charge on any atom is -0.501 e. The molecule has 8 heteroatoms. The Hall–Kier alpha value is -6.78. The van der Waals surface area contributed by atoms with Gasteiger partial charge in [-0.15, -0.1) is 54.1 Å². The van der Waals surface area contributed by atoms with Crippen molar-refractivity contribution in [3.05, 3.63) is 205 Å². The van der Waals surface area contributed by atoms with E-state index in [1.165, 1.54) is 37.5 Å². The molecule has 0 unspecified atom stereocenters. The van der Waals surface area contributed by atoms with Crippen molar-refractivity contribution >= 4 is 94.3 Å². The molecule has 12 aromatic rings. The van der Waals surface area contributed by atoms with Gasteiger partial charge in [-0.05, 0) is 120 Å². The van der Waals surface area contributed by atoms with Crippen LogP contribution in [0.1, 0.15) is 60.3 Å². The van der Waals surface area contributed by atoms with Crippen LogP contribution in [0.5, 0.6) is 0 Å². The van der Waals surface area contributed by atoms with E-state index in [0.29, 0.717) is 28.0 Å². The zero-order valence-electron chi connectivity index (χ0n) is 51.5. The molecule has 12 rings (SSSR count). The summed E-state index contributed by atoms with van der Waals surface area (Å²) in [7, 11) is -4.34. The Balaban J connectivity index is 0.000000390. The van der Waals surface area contributed by atoms with Crippen molar-refractivity contribution in [2.75, 3.05) is 0 Å². The quantitative estimate of drug-likeness (QED) is 0.0779. The Morgan fingerprint density at radius 1 is 0.525 bits per heavy atom. The molecule has 0 spiro atoms. The summed E-state index contributed by atoms with van der Waals surface area (Å²) in [5.41, 5.74) is 13.6. The van der Waals surface area contributed by atoms with Crippen LogP contribution in [0.3, 0.4) is 0 Å². The van der Waals surface area contributed by atoms with E-state index >= 15 is 0 Å². The van der Waals surface area contributed by atoms with E-state index in [9.17, 15) is 0 Å². The summed E-state index contributed by atoms with van der Waals surface area (Å²) < 4.78 is 35.5. The molecule has 0 fully saturated rings. The number of para-hydroxylation sites is 1. The number of furan rings is 1. The Morgan fingerprint density at radius 3 is 1.76 bits per heavy atom. The summed E-state index contributed by atoms with van der Waals surface area (Å²) in [4.78, 5) is 9.86. The summed E-state index contributed by atoms with van der Waals surface area (Å²) in [5.74, 6) is 0.763. The smallest absolute Gasteiger partial charge is 0.121 e. The predicted molar refractivity (Wildman–Crippen MR) is 349 cm³/mol. The normalized spacial score (nSPS) is 13.0. The van der Waals surface area contributed by atoms with Gasteiger partial charge in [0.15, 0.2) is 0 Å². The van der Waals surface area contributed by atoms with Crippen molar-refractivity contribution < 1.29 is 28.6 Å². The molecule has 9 aromatic carbocycles. The van der Waals surface area contributed by atoms with Gasteiger partial charge in [0.05, 0.1) is 46.7 Å². The maximum absolute atomic E-state index is 8.82. The van der Waals surface area contributed by atoms with Gasteiger partial charge < -0.3 is 14.0 Å². The molecule has 3 aromatic heterocycles. The van der Waals surface area contributed by atoms with Gasteiger partial charge in [0.1, 0.15) is 5.58 Å². The molecule has 3 heterocycles. The Bertz CT molecular complexity index is 4310. The predicted octanol–water partition coefficient (Wildman–Crippen LogP) is 18.8. The third-order valence-electron chi connectivity index (χ3n) is 15.7. The van der Waals surface area contributed by atoms with Crippen molar-refractivity contribution in [3.63, 3.8) is 0 Å². The summed E-state index contributed by atoms with van der Waals surface area (Å²) in [6.07, 6.45) is 2.02. The second-order valence-electron chi connectivity index (χ2n) is 25.1. The molecule has 0 N–H and O–H groups in total. The van der Waals surface area contributed by atoms with Crippen LogP contribution in [0.15, 0.2) is 180 Å².